The molecule has 1 rings (SSSR count). The van der Waals surface area contributed by atoms with Crippen LogP contribution in [0.1, 0.15) is 27.2 Å². The zero-order valence-corrected chi connectivity index (χ0v) is 8.16. The third-order valence-corrected chi connectivity index (χ3v) is 3.02. The van der Waals surface area contributed by atoms with Crippen molar-refractivity contribution in [2.24, 2.45) is 11.8 Å². The molecule has 1 fully saturated rings. The molecule has 4 heteroatoms. The highest BCUT2D eigenvalue weighted by Gasteiger charge is 2.49. The van der Waals surface area contributed by atoms with Crippen molar-refractivity contribution in [2.75, 3.05) is 0 Å². The van der Waals surface area contributed by atoms with Gasteiger partial charge in [0.05, 0.1) is 0 Å². The van der Waals surface area contributed by atoms with Crippen molar-refractivity contribution in [1.29, 1.82) is 0 Å². The molecule has 0 aromatic heterocycles. The molecular weight excluding hydrogens is 170 g/mol. The third kappa shape index (κ3) is 1.41. The summed E-state index contributed by atoms with van der Waals surface area (Å²) in [6.45, 7) is 6.04. The van der Waals surface area contributed by atoms with E-state index < -0.39 is 5.72 Å². The van der Waals surface area contributed by atoms with Crippen LogP contribution in [-0.4, -0.2) is 18.1 Å². The van der Waals surface area contributed by atoms with Crippen molar-refractivity contribution in [2.45, 2.75) is 32.9 Å². The molecule has 1 aliphatic heterocycles. The first-order chi connectivity index (χ1) is 6.07. The van der Waals surface area contributed by atoms with E-state index in [2.05, 4.69) is 5.32 Å². The number of hydrogen-bond acceptors (Lipinski definition) is 3. The van der Waals surface area contributed by atoms with E-state index in [0.717, 1.165) is 0 Å². The van der Waals surface area contributed by atoms with Crippen molar-refractivity contribution in [3.05, 3.63) is 0 Å². The molecule has 0 spiro atoms. The summed E-state index contributed by atoms with van der Waals surface area (Å²) in [6.07, 6.45) is 0.600. The van der Waals surface area contributed by atoms with Gasteiger partial charge in [-0.05, 0) is 0 Å². The fraction of sp³-hybridized carbons (Fsp3) is 0.778. The van der Waals surface area contributed by atoms with Crippen LogP contribution in [0, 0.1) is 11.8 Å². The second-order valence-corrected chi connectivity index (χ2v) is 3.52. The second kappa shape index (κ2) is 3.36. The minimum absolute atomic E-state index is 0.0233. The van der Waals surface area contributed by atoms with Gasteiger partial charge in [-0.1, -0.05) is 20.8 Å². The minimum atomic E-state index is -0.780. The molecule has 1 heterocycles. The molecule has 0 radical (unpaired) electrons. The Hall–Kier alpha value is -1.06. The smallest absolute Gasteiger partial charge is 0.295 e. The summed E-state index contributed by atoms with van der Waals surface area (Å²) in [5, 5.41) is 2.73. The van der Waals surface area contributed by atoms with E-state index in [1.807, 2.05) is 20.8 Å². The van der Waals surface area contributed by atoms with E-state index in [1.54, 1.807) is 0 Å². The average Bonchev–Trinajstić information content (AvgIpc) is 2.32. The summed E-state index contributed by atoms with van der Waals surface area (Å²) in [5.74, 6) is -0.119. The Balaban J connectivity index is 2.88. The van der Waals surface area contributed by atoms with Crippen LogP contribution in [0.15, 0.2) is 0 Å². The number of ether oxygens (including phenoxy) is 1. The van der Waals surface area contributed by atoms with Gasteiger partial charge in [0.2, 0.25) is 5.91 Å². The summed E-state index contributed by atoms with van der Waals surface area (Å²) in [5.41, 5.74) is -0.780. The predicted molar refractivity (Wildman–Crippen MR) is 46.6 cm³/mol. The Morgan fingerprint density at radius 3 is 2.54 bits per heavy atom. The van der Waals surface area contributed by atoms with Crippen LogP contribution in [-0.2, 0) is 14.3 Å². The number of hydrogen-bond donors (Lipinski definition) is 1. The van der Waals surface area contributed by atoms with Crippen LogP contribution in [0.2, 0.25) is 0 Å². The maximum atomic E-state index is 11.3. The van der Waals surface area contributed by atoms with Crippen molar-refractivity contribution in [3.63, 3.8) is 0 Å². The fourth-order valence-electron chi connectivity index (χ4n) is 1.78. The Morgan fingerprint density at radius 2 is 2.23 bits per heavy atom. The molecule has 0 bridgehead atoms. The predicted octanol–water partition coefficient (Wildman–Crippen LogP) is 0.668. The molecule has 1 amide bonds. The number of nitrogens with one attached hydrogen (secondary N) is 1. The van der Waals surface area contributed by atoms with Crippen molar-refractivity contribution in [3.8, 4) is 0 Å². The summed E-state index contributed by atoms with van der Waals surface area (Å²) >= 11 is 0. The van der Waals surface area contributed by atoms with Crippen LogP contribution >= 0.6 is 0 Å². The lowest BCUT2D eigenvalue weighted by atomic mass is 9.89. The van der Waals surface area contributed by atoms with Crippen LogP contribution < -0.4 is 5.32 Å². The van der Waals surface area contributed by atoms with Gasteiger partial charge < -0.3 is 10.1 Å². The number of carbonyl (C=O) groups excluding carboxylic acids is 2. The van der Waals surface area contributed by atoms with Gasteiger partial charge in [-0.25, -0.2) is 0 Å². The summed E-state index contributed by atoms with van der Waals surface area (Å²) in [7, 11) is 0. The largest absolute Gasteiger partial charge is 0.441 e. The summed E-state index contributed by atoms with van der Waals surface area (Å²) in [6, 6.07) is 0. The highest BCUT2D eigenvalue weighted by Crippen LogP contribution is 2.34. The lowest BCUT2D eigenvalue weighted by molar-refractivity contribution is -0.152. The Labute approximate surface area is 77.6 Å². The lowest BCUT2D eigenvalue weighted by Gasteiger charge is -2.30. The molecule has 74 valence electrons. The van der Waals surface area contributed by atoms with Crippen molar-refractivity contribution < 1.29 is 14.3 Å². The standard InChI is InChI=1S/C9H15NO3/c1-4-9(13-5-11)7(3)6(2)8(12)10-9/h5-7H,4H2,1-3H3,(H,10,12)/t6-,7+,9?/m0/s1. The first-order valence-corrected chi connectivity index (χ1v) is 4.51. The third-order valence-electron chi connectivity index (χ3n) is 3.02. The molecule has 1 saturated heterocycles. The molecule has 13 heavy (non-hydrogen) atoms. The van der Waals surface area contributed by atoms with Crippen LogP contribution in [0.3, 0.4) is 0 Å². The molecule has 0 aliphatic carbocycles. The quantitative estimate of drug-likeness (QED) is 0.657. The fourth-order valence-corrected chi connectivity index (χ4v) is 1.78. The zero-order valence-electron chi connectivity index (χ0n) is 8.16. The Morgan fingerprint density at radius 1 is 1.62 bits per heavy atom. The topological polar surface area (TPSA) is 55.4 Å². The number of amides is 1. The van der Waals surface area contributed by atoms with Gasteiger partial charge in [-0.2, -0.15) is 0 Å². The summed E-state index contributed by atoms with van der Waals surface area (Å²) < 4.78 is 4.98. The van der Waals surface area contributed by atoms with Gasteiger partial charge in [0, 0.05) is 18.3 Å². The van der Waals surface area contributed by atoms with Gasteiger partial charge in [0.1, 0.15) is 0 Å². The molecule has 0 saturated carbocycles. The Kier molecular flexibility index (Phi) is 2.59. The Bertz CT molecular complexity index is 229. The molecule has 0 aromatic rings. The van der Waals surface area contributed by atoms with Crippen molar-refractivity contribution >= 4 is 12.4 Å². The number of rotatable bonds is 3. The normalized spacial score (nSPS) is 38.5. The zero-order chi connectivity index (χ0) is 10.1. The molecule has 1 unspecified atom stereocenters. The van der Waals surface area contributed by atoms with E-state index in [-0.39, 0.29) is 17.7 Å². The summed E-state index contributed by atoms with van der Waals surface area (Å²) in [4.78, 5) is 21.6. The van der Waals surface area contributed by atoms with Gasteiger partial charge in [0.15, 0.2) is 5.72 Å². The molecular formula is C9H15NO3. The maximum Gasteiger partial charge on any atom is 0.295 e. The first kappa shape index (κ1) is 10.0. The van der Waals surface area contributed by atoms with Crippen LogP contribution in [0.4, 0.5) is 0 Å². The monoisotopic (exact) mass is 185 g/mol. The molecule has 3 atom stereocenters. The van der Waals surface area contributed by atoms with Gasteiger partial charge in [-0.15, -0.1) is 0 Å². The van der Waals surface area contributed by atoms with Crippen LogP contribution in [0.25, 0.3) is 0 Å². The molecule has 4 nitrogen and oxygen atoms in total. The highest BCUT2D eigenvalue weighted by molar-refractivity contribution is 5.82. The van der Waals surface area contributed by atoms with Crippen molar-refractivity contribution in [1.82, 2.24) is 5.32 Å². The van der Waals surface area contributed by atoms with E-state index in [9.17, 15) is 9.59 Å². The van der Waals surface area contributed by atoms with Gasteiger partial charge in [-0.3, -0.25) is 9.59 Å². The number of carbonyl (C=O) groups is 2. The van der Waals surface area contributed by atoms with Gasteiger partial charge in [0.25, 0.3) is 6.47 Å². The van der Waals surface area contributed by atoms with E-state index >= 15 is 0 Å². The highest BCUT2D eigenvalue weighted by atomic mass is 16.6. The average molecular weight is 185 g/mol. The van der Waals surface area contributed by atoms with E-state index in [4.69, 9.17) is 4.74 Å². The molecule has 1 N–H and O–H groups in total. The molecule has 1 aliphatic rings. The van der Waals surface area contributed by atoms with Crippen LogP contribution in [0.5, 0.6) is 0 Å². The van der Waals surface area contributed by atoms with Gasteiger partial charge >= 0.3 is 0 Å². The lowest BCUT2D eigenvalue weighted by Crippen LogP contribution is -2.47. The maximum absolute atomic E-state index is 11.3. The SMILES string of the molecule is CCC1(OC=O)NC(=O)[C@@H](C)[C@H]1C. The minimum Gasteiger partial charge on any atom is -0.441 e. The van der Waals surface area contributed by atoms with E-state index in [0.29, 0.717) is 12.9 Å². The molecule has 0 aromatic carbocycles. The first-order valence-electron chi connectivity index (χ1n) is 4.51. The van der Waals surface area contributed by atoms with E-state index in [1.165, 1.54) is 0 Å². The second-order valence-electron chi connectivity index (χ2n) is 3.52.